The predicted molar refractivity (Wildman–Crippen MR) is 265 cm³/mol. The Labute approximate surface area is 381 Å². The molecule has 0 fully saturated rings. The Bertz CT molecular complexity index is 886. The van der Waals surface area contributed by atoms with Crippen LogP contribution < -0.4 is 0 Å². The summed E-state index contributed by atoms with van der Waals surface area (Å²) >= 11 is 0. The SMILES string of the molecule is CCCCCCCCCC/C=C\CCCCCCCCCCCCCCCCCC(=O)OC(CO)COC(=O)CCCCCCCCCCCCCCCCCCCCCC. The Kier molecular flexibility index (Phi) is 51.8. The van der Waals surface area contributed by atoms with Crippen LogP contribution in [0.4, 0.5) is 0 Å². The largest absolute Gasteiger partial charge is 0.462 e. The standard InChI is InChI=1S/C56H108O5/c1-3-5-7-9-11-13-15-17-19-21-23-25-26-27-28-29-30-31-33-35-37-39-41-43-45-47-49-51-56(59)61-54(52-57)53-60-55(58)50-48-46-44-42-40-38-36-34-32-24-22-20-18-16-14-12-10-8-6-4-2/h21,23,54,57H,3-20,22,24-53H2,1-2H3/b23-21-. The summed E-state index contributed by atoms with van der Waals surface area (Å²) < 4.78 is 10.7. The van der Waals surface area contributed by atoms with E-state index in [4.69, 9.17) is 9.47 Å². The van der Waals surface area contributed by atoms with Gasteiger partial charge in [-0.15, -0.1) is 0 Å². The first-order chi connectivity index (χ1) is 30.1. The predicted octanol–water partition coefficient (Wildman–Crippen LogP) is 18.4. The molecule has 0 spiro atoms. The minimum atomic E-state index is -0.766. The molecule has 0 bridgehead atoms. The van der Waals surface area contributed by atoms with E-state index in [9.17, 15) is 14.7 Å². The number of unbranched alkanes of at least 4 members (excludes halogenated alkanes) is 42. The van der Waals surface area contributed by atoms with E-state index in [1.54, 1.807) is 0 Å². The molecule has 0 aliphatic rings. The van der Waals surface area contributed by atoms with Gasteiger partial charge in [0.05, 0.1) is 6.61 Å². The van der Waals surface area contributed by atoms with Gasteiger partial charge in [0.25, 0.3) is 0 Å². The number of aliphatic hydroxyl groups is 1. The minimum absolute atomic E-state index is 0.0577. The number of ether oxygens (including phenoxy) is 2. The second-order valence-corrected chi connectivity index (χ2v) is 19.0. The van der Waals surface area contributed by atoms with Crippen LogP contribution in [0.2, 0.25) is 0 Å². The Morgan fingerprint density at radius 2 is 0.607 bits per heavy atom. The molecule has 0 aromatic carbocycles. The lowest BCUT2D eigenvalue weighted by molar-refractivity contribution is -0.161. The van der Waals surface area contributed by atoms with Crippen molar-refractivity contribution >= 4 is 11.9 Å². The van der Waals surface area contributed by atoms with Gasteiger partial charge in [0.2, 0.25) is 0 Å². The van der Waals surface area contributed by atoms with Gasteiger partial charge in [0.1, 0.15) is 6.61 Å². The summed E-state index contributed by atoms with van der Waals surface area (Å²) in [6.45, 7) is 4.20. The number of hydrogen-bond acceptors (Lipinski definition) is 5. The molecule has 0 saturated carbocycles. The van der Waals surface area contributed by atoms with Crippen molar-refractivity contribution < 1.29 is 24.2 Å². The fourth-order valence-corrected chi connectivity index (χ4v) is 8.61. The van der Waals surface area contributed by atoms with Crippen LogP contribution in [0.15, 0.2) is 12.2 Å². The molecule has 0 radical (unpaired) electrons. The van der Waals surface area contributed by atoms with Crippen LogP contribution in [0.25, 0.3) is 0 Å². The molecule has 0 heterocycles. The maximum absolute atomic E-state index is 12.3. The smallest absolute Gasteiger partial charge is 0.306 e. The van der Waals surface area contributed by atoms with Crippen molar-refractivity contribution in [1.82, 2.24) is 0 Å². The van der Waals surface area contributed by atoms with Crippen molar-refractivity contribution in [3.05, 3.63) is 12.2 Å². The van der Waals surface area contributed by atoms with E-state index < -0.39 is 6.10 Å². The summed E-state index contributed by atoms with van der Waals surface area (Å²) in [6, 6.07) is 0. The van der Waals surface area contributed by atoms with Gasteiger partial charge in [-0.25, -0.2) is 0 Å². The second-order valence-electron chi connectivity index (χ2n) is 19.0. The van der Waals surface area contributed by atoms with Gasteiger partial charge in [-0.2, -0.15) is 0 Å². The number of carbonyl (C=O) groups is 2. The molecule has 1 atom stereocenters. The van der Waals surface area contributed by atoms with Crippen molar-refractivity contribution in [2.45, 2.75) is 322 Å². The average molecular weight is 861 g/mol. The normalized spacial score (nSPS) is 12.1. The van der Waals surface area contributed by atoms with Crippen LogP contribution in [0.1, 0.15) is 316 Å². The van der Waals surface area contributed by atoms with Gasteiger partial charge >= 0.3 is 11.9 Å². The first kappa shape index (κ1) is 59.6. The topological polar surface area (TPSA) is 72.8 Å². The maximum Gasteiger partial charge on any atom is 0.306 e. The maximum atomic E-state index is 12.3. The zero-order valence-electron chi connectivity index (χ0n) is 41.5. The molecule has 0 rings (SSSR count). The number of carbonyl (C=O) groups excluding carboxylic acids is 2. The number of rotatable bonds is 52. The van der Waals surface area contributed by atoms with E-state index in [1.165, 1.54) is 257 Å². The molecule has 1 unspecified atom stereocenters. The molecule has 0 aliphatic carbocycles. The molecule has 5 heteroatoms. The van der Waals surface area contributed by atoms with Gasteiger partial charge in [0, 0.05) is 12.8 Å². The Morgan fingerprint density at radius 1 is 0.361 bits per heavy atom. The highest BCUT2D eigenvalue weighted by atomic mass is 16.6. The summed E-state index contributed by atoms with van der Waals surface area (Å²) in [4.78, 5) is 24.5. The van der Waals surface area contributed by atoms with Gasteiger partial charge in [-0.1, -0.05) is 276 Å². The van der Waals surface area contributed by atoms with Crippen molar-refractivity contribution in [1.29, 1.82) is 0 Å². The van der Waals surface area contributed by atoms with Crippen LogP contribution in [-0.4, -0.2) is 36.4 Å². The van der Waals surface area contributed by atoms with E-state index in [1.807, 2.05) is 0 Å². The van der Waals surface area contributed by atoms with Gasteiger partial charge in [-0.05, 0) is 38.5 Å². The molecule has 1 N–H and O–H groups in total. The molecule has 362 valence electrons. The molecule has 0 aliphatic heterocycles. The summed E-state index contributed by atoms with van der Waals surface area (Å²) in [5.74, 6) is -0.568. The lowest BCUT2D eigenvalue weighted by Crippen LogP contribution is -2.28. The highest BCUT2D eigenvalue weighted by molar-refractivity contribution is 5.70. The average Bonchev–Trinajstić information content (AvgIpc) is 3.26. The number of aliphatic hydroxyl groups excluding tert-OH is 1. The molecule has 0 aromatic heterocycles. The molecule has 0 aromatic rings. The first-order valence-corrected chi connectivity index (χ1v) is 27.7. The van der Waals surface area contributed by atoms with E-state index in [0.717, 1.165) is 32.1 Å². The zero-order valence-corrected chi connectivity index (χ0v) is 41.5. The third kappa shape index (κ3) is 51.2. The molecular weight excluding hydrogens is 753 g/mol. The Morgan fingerprint density at radius 3 is 0.885 bits per heavy atom. The van der Waals surface area contributed by atoms with Gasteiger partial charge < -0.3 is 14.6 Å². The molecular formula is C56H108O5. The van der Waals surface area contributed by atoms with E-state index in [-0.39, 0.29) is 25.2 Å². The summed E-state index contributed by atoms with van der Waals surface area (Å²) in [5.41, 5.74) is 0. The van der Waals surface area contributed by atoms with Crippen LogP contribution in [0, 0.1) is 0 Å². The van der Waals surface area contributed by atoms with E-state index >= 15 is 0 Å². The van der Waals surface area contributed by atoms with E-state index in [0.29, 0.717) is 12.8 Å². The van der Waals surface area contributed by atoms with Crippen molar-refractivity contribution in [2.75, 3.05) is 13.2 Å². The Balaban J connectivity index is 3.42. The number of allylic oxidation sites excluding steroid dienone is 2. The number of hydrogen-bond donors (Lipinski definition) is 1. The van der Waals surface area contributed by atoms with Gasteiger partial charge in [-0.3, -0.25) is 9.59 Å². The van der Waals surface area contributed by atoms with Crippen molar-refractivity contribution in [3.63, 3.8) is 0 Å². The third-order valence-corrected chi connectivity index (χ3v) is 12.8. The van der Waals surface area contributed by atoms with Crippen molar-refractivity contribution in [3.8, 4) is 0 Å². The summed E-state index contributed by atoms with van der Waals surface area (Å²) in [6.07, 6.45) is 64.7. The lowest BCUT2D eigenvalue weighted by Gasteiger charge is -2.15. The van der Waals surface area contributed by atoms with E-state index in [2.05, 4.69) is 26.0 Å². The fraction of sp³-hybridized carbons (Fsp3) is 0.929. The quantitative estimate of drug-likeness (QED) is 0.0375. The molecule has 5 nitrogen and oxygen atoms in total. The summed E-state index contributed by atoms with van der Waals surface area (Å²) in [7, 11) is 0. The molecule has 61 heavy (non-hydrogen) atoms. The van der Waals surface area contributed by atoms with Crippen LogP contribution in [0.5, 0.6) is 0 Å². The summed E-state index contributed by atoms with van der Waals surface area (Å²) in [5, 5.41) is 9.64. The van der Waals surface area contributed by atoms with Crippen LogP contribution in [0.3, 0.4) is 0 Å². The van der Waals surface area contributed by atoms with Crippen LogP contribution in [-0.2, 0) is 19.1 Å². The zero-order chi connectivity index (χ0) is 44.2. The minimum Gasteiger partial charge on any atom is -0.462 e. The van der Waals surface area contributed by atoms with Crippen LogP contribution >= 0.6 is 0 Å². The highest BCUT2D eigenvalue weighted by Gasteiger charge is 2.16. The molecule has 0 amide bonds. The highest BCUT2D eigenvalue weighted by Crippen LogP contribution is 2.17. The number of esters is 2. The third-order valence-electron chi connectivity index (χ3n) is 12.8. The van der Waals surface area contributed by atoms with Crippen molar-refractivity contribution in [2.24, 2.45) is 0 Å². The fourth-order valence-electron chi connectivity index (χ4n) is 8.61. The van der Waals surface area contributed by atoms with Gasteiger partial charge in [0.15, 0.2) is 6.10 Å². The first-order valence-electron chi connectivity index (χ1n) is 27.7. The monoisotopic (exact) mass is 861 g/mol. The molecule has 0 saturated heterocycles. The second kappa shape index (κ2) is 53.0. The Hall–Kier alpha value is -1.36. The lowest BCUT2D eigenvalue weighted by atomic mass is 10.0.